The lowest BCUT2D eigenvalue weighted by Gasteiger charge is -2.23. The van der Waals surface area contributed by atoms with E-state index < -0.39 is 10.0 Å². The van der Waals surface area contributed by atoms with Crippen LogP contribution in [-0.2, 0) is 10.0 Å². The van der Waals surface area contributed by atoms with Crippen LogP contribution < -0.4 is 5.73 Å². The van der Waals surface area contributed by atoms with Gasteiger partial charge in [0.1, 0.15) is 0 Å². The number of hydrogen-bond donors (Lipinski definition) is 2. The lowest BCUT2D eigenvalue weighted by atomic mass is 10.2. The maximum Gasteiger partial charge on any atom is 0.243 e. The number of aliphatic hydroxyl groups excluding tert-OH is 1. The fourth-order valence-electron chi connectivity index (χ4n) is 2.33. The Morgan fingerprint density at radius 1 is 1.50 bits per heavy atom. The monoisotopic (exact) mass is 270 g/mol. The number of nitrogens with two attached hydrogens (primary N) is 1. The zero-order chi connectivity index (χ0) is 13.3. The van der Waals surface area contributed by atoms with Crippen LogP contribution >= 0.6 is 0 Å². The summed E-state index contributed by atoms with van der Waals surface area (Å²) in [7, 11) is -3.56. The number of nitrogens with zero attached hydrogens (tertiary/aromatic N) is 1. The Balaban J connectivity index is 2.45. The number of hydrogen-bond acceptors (Lipinski definition) is 4. The second kappa shape index (κ2) is 4.87. The molecule has 0 saturated carbocycles. The molecule has 100 valence electrons. The normalized spacial score (nSPS) is 21.3. The van der Waals surface area contributed by atoms with Crippen LogP contribution in [0.5, 0.6) is 0 Å². The number of benzene rings is 1. The average molecular weight is 270 g/mol. The molecule has 0 radical (unpaired) electrons. The Hall–Kier alpha value is -1.11. The minimum atomic E-state index is -3.56. The van der Waals surface area contributed by atoms with Gasteiger partial charge in [-0.25, -0.2) is 8.42 Å². The molecule has 1 aliphatic rings. The van der Waals surface area contributed by atoms with Crippen LogP contribution in [0.3, 0.4) is 0 Å². The van der Waals surface area contributed by atoms with Gasteiger partial charge in [0.2, 0.25) is 10.0 Å². The molecule has 18 heavy (non-hydrogen) atoms. The van der Waals surface area contributed by atoms with Crippen LogP contribution in [0.15, 0.2) is 23.1 Å². The summed E-state index contributed by atoms with van der Waals surface area (Å²) in [4.78, 5) is 0.239. The molecular weight excluding hydrogens is 252 g/mol. The van der Waals surface area contributed by atoms with Gasteiger partial charge in [0.05, 0.1) is 11.5 Å². The second-order valence-corrected chi connectivity index (χ2v) is 6.48. The number of sulfonamides is 1. The first-order valence-electron chi connectivity index (χ1n) is 5.95. The van der Waals surface area contributed by atoms with E-state index in [0.717, 1.165) is 6.42 Å². The first-order chi connectivity index (χ1) is 8.46. The van der Waals surface area contributed by atoms with Crippen molar-refractivity contribution < 1.29 is 13.5 Å². The summed E-state index contributed by atoms with van der Waals surface area (Å²) in [6, 6.07) is 4.56. The largest absolute Gasteiger partial charge is 0.399 e. The molecule has 1 saturated heterocycles. The first kappa shape index (κ1) is 13.3. The molecule has 6 heteroatoms. The van der Waals surface area contributed by atoms with Crippen LogP contribution in [-0.4, -0.2) is 37.0 Å². The summed E-state index contributed by atoms with van der Waals surface area (Å²) in [5.74, 6) is 0. The van der Waals surface area contributed by atoms with E-state index in [4.69, 9.17) is 5.73 Å². The Bertz CT molecular complexity index is 542. The quantitative estimate of drug-likeness (QED) is 0.793. The average Bonchev–Trinajstić information content (AvgIpc) is 2.81. The van der Waals surface area contributed by atoms with Gasteiger partial charge in [-0.2, -0.15) is 4.31 Å². The highest BCUT2D eigenvalue weighted by Gasteiger charge is 2.35. The van der Waals surface area contributed by atoms with E-state index in [2.05, 4.69) is 0 Å². The predicted octanol–water partition coefficient (Wildman–Crippen LogP) is 0.723. The lowest BCUT2D eigenvalue weighted by Crippen LogP contribution is -2.37. The molecule has 1 fully saturated rings. The van der Waals surface area contributed by atoms with E-state index >= 15 is 0 Å². The number of aryl methyl sites for hydroxylation is 1. The molecule has 3 N–H and O–H groups in total. The van der Waals surface area contributed by atoms with E-state index in [1.165, 1.54) is 10.4 Å². The maximum atomic E-state index is 12.5. The molecule has 2 rings (SSSR count). The minimum Gasteiger partial charge on any atom is -0.399 e. The molecule has 1 aliphatic heterocycles. The van der Waals surface area contributed by atoms with E-state index in [1.807, 2.05) is 0 Å². The number of nitrogen functional groups attached to an aromatic ring is 1. The molecule has 0 unspecified atom stereocenters. The standard InChI is InChI=1S/C12H18N2O3S/c1-9-4-5-10(13)7-12(9)18(16,17)14-6-2-3-11(14)8-15/h4-5,7,11,15H,2-3,6,8,13H2,1H3/t11-/m0/s1. The topological polar surface area (TPSA) is 83.6 Å². The Labute approximate surface area is 107 Å². The van der Waals surface area contributed by atoms with Gasteiger partial charge in [-0.15, -0.1) is 0 Å². The lowest BCUT2D eigenvalue weighted by molar-refractivity contribution is 0.213. The smallest absolute Gasteiger partial charge is 0.243 e. The number of rotatable bonds is 3. The van der Waals surface area contributed by atoms with Gasteiger partial charge < -0.3 is 10.8 Å². The fourth-order valence-corrected chi connectivity index (χ4v) is 4.28. The molecule has 0 amide bonds. The van der Waals surface area contributed by atoms with Crippen LogP contribution in [0.25, 0.3) is 0 Å². The minimum absolute atomic E-state index is 0.138. The SMILES string of the molecule is Cc1ccc(N)cc1S(=O)(=O)N1CCC[C@H]1CO. The van der Waals surface area contributed by atoms with E-state index in [9.17, 15) is 13.5 Å². The summed E-state index contributed by atoms with van der Waals surface area (Å²) in [5.41, 5.74) is 6.76. The summed E-state index contributed by atoms with van der Waals surface area (Å²) in [6.07, 6.45) is 1.49. The van der Waals surface area contributed by atoms with Crippen LogP contribution in [0.4, 0.5) is 5.69 Å². The van der Waals surface area contributed by atoms with Crippen molar-refractivity contribution in [2.24, 2.45) is 0 Å². The predicted molar refractivity (Wildman–Crippen MR) is 69.6 cm³/mol. The Kier molecular flexibility index (Phi) is 3.61. The molecule has 1 aromatic carbocycles. The van der Waals surface area contributed by atoms with E-state index in [-0.39, 0.29) is 17.5 Å². The van der Waals surface area contributed by atoms with E-state index in [1.54, 1.807) is 19.1 Å². The highest BCUT2D eigenvalue weighted by atomic mass is 32.2. The third-order valence-corrected chi connectivity index (χ3v) is 5.43. The highest BCUT2D eigenvalue weighted by molar-refractivity contribution is 7.89. The van der Waals surface area contributed by atoms with Crippen molar-refractivity contribution in [3.8, 4) is 0 Å². The van der Waals surface area contributed by atoms with Gasteiger partial charge in [-0.1, -0.05) is 6.07 Å². The van der Waals surface area contributed by atoms with Crippen molar-refractivity contribution in [2.45, 2.75) is 30.7 Å². The van der Waals surface area contributed by atoms with Crippen molar-refractivity contribution >= 4 is 15.7 Å². The van der Waals surface area contributed by atoms with Gasteiger partial charge in [0.25, 0.3) is 0 Å². The van der Waals surface area contributed by atoms with Crippen molar-refractivity contribution in [3.05, 3.63) is 23.8 Å². The van der Waals surface area contributed by atoms with Gasteiger partial charge in [0, 0.05) is 18.3 Å². The maximum absolute atomic E-state index is 12.5. The zero-order valence-corrected chi connectivity index (χ0v) is 11.2. The molecule has 0 bridgehead atoms. The van der Waals surface area contributed by atoms with Crippen molar-refractivity contribution in [3.63, 3.8) is 0 Å². The molecule has 0 spiro atoms. The molecule has 1 atom stereocenters. The Morgan fingerprint density at radius 2 is 2.22 bits per heavy atom. The van der Waals surface area contributed by atoms with Crippen LogP contribution in [0, 0.1) is 6.92 Å². The molecule has 0 aliphatic carbocycles. The second-order valence-electron chi connectivity index (χ2n) is 4.62. The van der Waals surface area contributed by atoms with Crippen molar-refractivity contribution in [2.75, 3.05) is 18.9 Å². The van der Waals surface area contributed by atoms with Gasteiger partial charge in [-0.05, 0) is 37.5 Å². The van der Waals surface area contributed by atoms with Gasteiger partial charge in [0.15, 0.2) is 0 Å². The van der Waals surface area contributed by atoms with Gasteiger partial charge in [-0.3, -0.25) is 0 Å². The summed E-state index contributed by atoms with van der Waals surface area (Å²) >= 11 is 0. The first-order valence-corrected chi connectivity index (χ1v) is 7.39. The van der Waals surface area contributed by atoms with Crippen molar-refractivity contribution in [1.29, 1.82) is 0 Å². The molecule has 0 aromatic heterocycles. The summed E-state index contributed by atoms with van der Waals surface area (Å²) in [6.45, 7) is 2.07. The third kappa shape index (κ3) is 2.23. The number of anilines is 1. The van der Waals surface area contributed by atoms with Crippen LogP contribution in [0.2, 0.25) is 0 Å². The third-order valence-electron chi connectivity index (χ3n) is 3.33. The molecular formula is C12H18N2O3S. The summed E-state index contributed by atoms with van der Waals surface area (Å²) < 4.78 is 26.5. The van der Waals surface area contributed by atoms with E-state index in [0.29, 0.717) is 24.2 Å². The van der Waals surface area contributed by atoms with Crippen molar-refractivity contribution in [1.82, 2.24) is 4.31 Å². The molecule has 1 heterocycles. The Morgan fingerprint density at radius 3 is 2.89 bits per heavy atom. The van der Waals surface area contributed by atoms with Gasteiger partial charge >= 0.3 is 0 Å². The fraction of sp³-hybridized carbons (Fsp3) is 0.500. The number of aliphatic hydroxyl groups is 1. The van der Waals surface area contributed by atoms with Crippen LogP contribution in [0.1, 0.15) is 18.4 Å². The summed E-state index contributed by atoms with van der Waals surface area (Å²) in [5, 5.41) is 9.24. The molecule has 1 aromatic rings. The molecule has 5 nitrogen and oxygen atoms in total. The highest BCUT2D eigenvalue weighted by Crippen LogP contribution is 2.28. The zero-order valence-electron chi connectivity index (χ0n) is 10.3.